The van der Waals surface area contributed by atoms with Gasteiger partial charge in [-0.05, 0) is 53.2 Å². The molecule has 0 saturated heterocycles. The monoisotopic (exact) mass is 459 g/mol. The Morgan fingerprint density at radius 1 is 1.19 bits per heavy atom. The molecule has 0 aliphatic carbocycles. The zero-order chi connectivity index (χ0) is 23.5. The molecule has 172 valence electrons. The van der Waals surface area contributed by atoms with Crippen molar-refractivity contribution < 1.29 is 14.1 Å². The van der Waals surface area contributed by atoms with E-state index in [1.807, 2.05) is 25.1 Å². The zero-order valence-electron chi connectivity index (χ0n) is 19.3. The summed E-state index contributed by atoms with van der Waals surface area (Å²) in [5, 5.41) is 7.97. The Morgan fingerprint density at radius 2 is 1.91 bits per heavy atom. The Kier molecular flexibility index (Phi) is 6.92. The number of ether oxygens (including phenoxy) is 1. The number of benzene rings is 1. The quantitative estimate of drug-likeness (QED) is 0.412. The van der Waals surface area contributed by atoms with Gasteiger partial charge in [-0.1, -0.05) is 36.0 Å². The van der Waals surface area contributed by atoms with Crippen molar-refractivity contribution in [1.82, 2.24) is 25.0 Å². The summed E-state index contributed by atoms with van der Waals surface area (Å²) < 4.78 is 12.4. The highest BCUT2D eigenvalue weighted by atomic mass is 32.2. The molecule has 10 heteroatoms. The Hall–Kier alpha value is -2.88. The maximum Gasteiger partial charge on any atom is 0.408 e. The Labute approximate surface area is 190 Å². The summed E-state index contributed by atoms with van der Waals surface area (Å²) >= 11 is 1.36. The second-order valence-corrected chi connectivity index (χ2v) is 9.86. The van der Waals surface area contributed by atoms with Crippen LogP contribution in [0.4, 0.5) is 4.79 Å². The van der Waals surface area contributed by atoms with Crippen LogP contribution in [-0.2, 0) is 22.6 Å². The summed E-state index contributed by atoms with van der Waals surface area (Å²) in [6, 6.07) is 7.31. The molecular weight excluding hydrogens is 430 g/mol. The van der Waals surface area contributed by atoms with E-state index in [1.54, 1.807) is 45.3 Å². The van der Waals surface area contributed by atoms with E-state index in [4.69, 9.17) is 9.26 Å². The van der Waals surface area contributed by atoms with Gasteiger partial charge in [0, 0.05) is 6.54 Å². The number of carbonyl (C=O) groups is 1. The van der Waals surface area contributed by atoms with E-state index in [0.29, 0.717) is 40.1 Å². The van der Waals surface area contributed by atoms with E-state index in [9.17, 15) is 9.59 Å². The number of nitrogens with one attached hydrogen (secondary N) is 1. The van der Waals surface area contributed by atoms with Crippen molar-refractivity contribution in [3.63, 3.8) is 0 Å². The van der Waals surface area contributed by atoms with Gasteiger partial charge < -0.3 is 14.6 Å². The summed E-state index contributed by atoms with van der Waals surface area (Å²) in [5.41, 5.74) is -0.907. The van der Waals surface area contributed by atoms with Gasteiger partial charge in [-0.25, -0.2) is 9.78 Å². The molecule has 0 unspecified atom stereocenters. The van der Waals surface area contributed by atoms with Crippen molar-refractivity contribution in [1.29, 1.82) is 0 Å². The fourth-order valence-electron chi connectivity index (χ4n) is 2.99. The topological polar surface area (TPSA) is 112 Å². The van der Waals surface area contributed by atoms with Gasteiger partial charge in [-0.2, -0.15) is 4.98 Å². The molecule has 3 rings (SSSR count). The van der Waals surface area contributed by atoms with E-state index in [2.05, 4.69) is 20.4 Å². The van der Waals surface area contributed by atoms with E-state index in [0.717, 1.165) is 6.42 Å². The number of hydrogen-bond acceptors (Lipinski definition) is 8. The first-order valence-corrected chi connectivity index (χ1v) is 11.5. The minimum absolute atomic E-state index is 0.0612. The van der Waals surface area contributed by atoms with Gasteiger partial charge in [0.15, 0.2) is 11.0 Å². The molecule has 1 N–H and O–H groups in total. The maximum absolute atomic E-state index is 12.9. The second kappa shape index (κ2) is 9.32. The minimum atomic E-state index is -0.889. The molecule has 0 spiro atoms. The van der Waals surface area contributed by atoms with Crippen LogP contribution in [0.1, 0.15) is 59.7 Å². The average molecular weight is 460 g/mol. The molecule has 0 bridgehead atoms. The molecule has 0 saturated carbocycles. The van der Waals surface area contributed by atoms with Crippen LogP contribution in [-0.4, -0.2) is 31.4 Å². The van der Waals surface area contributed by atoms with Gasteiger partial charge in [-0.15, -0.1) is 0 Å². The number of nitrogens with zero attached hydrogens (tertiary/aromatic N) is 4. The van der Waals surface area contributed by atoms with E-state index >= 15 is 0 Å². The number of carbonyl (C=O) groups excluding carboxylic acids is 1. The number of fused-ring (bicyclic) bond motifs is 1. The average Bonchev–Trinajstić information content (AvgIpc) is 3.17. The molecule has 32 heavy (non-hydrogen) atoms. The maximum atomic E-state index is 12.9. The Bertz CT molecular complexity index is 1160. The molecule has 1 amide bonds. The fraction of sp³-hybridized carbons (Fsp3) is 0.500. The highest BCUT2D eigenvalue weighted by Gasteiger charge is 2.31. The van der Waals surface area contributed by atoms with Crippen molar-refractivity contribution in [2.75, 3.05) is 0 Å². The lowest BCUT2D eigenvalue weighted by atomic mass is 10.1. The van der Waals surface area contributed by atoms with Gasteiger partial charge in [0.25, 0.3) is 5.56 Å². The summed E-state index contributed by atoms with van der Waals surface area (Å²) in [7, 11) is 0. The third-order valence-electron chi connectivity index (χ3n) is 4.44. The number of aromatic nitrogens is 4. The number of hydrogen-bond donors (Lipinski definition) is 1. The van der Waals surface area contributed by atoms with Crippen molar-refractivity contribution in [3.8, 4) is 0 Å². The predicted octanol–water partition coefficient (Wildman–Crippen LogP) is 4.24. The molecular formula is C22H29N5O4S. The van der Waals surface area contributed by atoms with Crippen LogP contribution in [0.3, 0.4) is 0 Å². The van der Waals surface area contributed by atoms with Crippen LogP contribution in [0.15, 0.2) is 38.7 Å². The Balaban J connectivity index is 1.76. The number of amides is 1. The van der Waals surface area contributed by atoms with Crippen LogP contribution in [0.2, 0.25) is 0 Å². The molecule has 0 fully saturated rings. The van der Waals surface area contributed by atoms with Crippen LogP contribution in [0.5, 0.6) is 0 Å². The van der Waals surface area contributed by atoms with E-state index in [1.165, 1.54) is 11.8 Å². The molecule has 2 heterocycles. The third kappa shape index (κ3) is 5.67. The summed E-state index contributed by atoms with van der Waals surface area (Å²) in [5.74, 6) is 1.04. The summed E-state index contributed by atoms with van der Waals surface area (Å²) in [4.78, 5) is 34.1. The van der Waals surface area contributed by atoms with Crippen molar-refractivity contribution in [3.05, 3.63) is 46.3 Å². The van der Waals surface area contributed by atoms with Gasteiger partial charge in [0.2, 0.25) is 5.89 Å². The first kappa shape index (κ1) is 23.8. The normalized spacial score (nSPS) is 12.2. The van der Waals surface area contributed by atoms with Crippen LogP contribution in [0.25, 0.3) is 10.9 Å². The molecule has 0 aliphatic heterocycles. The minimum Gasteiger partial charge on any atom is -0.444 e. The molecule has 1 aromatic carbocycles. The number of para-hydroxylation sites is 1. The molecule has 2 aromatic heterocycles. The molecule has 3 aromatic rings. The highest BCUT2D eigenvalue weighted by molar-refractivity contribution is 7.98. The van der Waals surface area contributed by atoms with Gasteiger partial charge in [0.1, 0.15) is 11.1 Å². The van der Waals surface area contributed by atoms with E-state index in [-0.39, 0.29) is 5.56 Å². The van der Waals surface area contributed by atoms with E-state index < -0.39 is 17.2 Å². The van der Waals surface area contributed by atoms with Gasteiger partial charge >= 0.3 is 6.09 Å². The Morgan fingerprint density at radius 3 is 2.59 bits per heavy atom. The summed E-state index contributed by atoms with van der Waals surface area (Å²) in [6.45, 7) is 11.5. The lowest BCUT2D eigenvalue weighted by Gasteiger charge is -2.26. The first-order valence-electron chi connectivity index (χ1n) is 10.5. The largest absolute Gasteiger partial charge is 0.444 e. The number of rotatable bonds is 7. The molecule has 0 aliphatic rings. The fourth-order valence-corrected chi connectivity index (χ4v) is 3.85. The van der Waals surface area contributed by atoms with Crippen molar-refractivity contribution >= 4 is 28.8 Å². The second-order valence-electron chi connectivity index (χ2n) is 8.92. The van der Waals surface area contributed by atoms with Crippen molar-refractivity contribution in [2.45, 2.75) is 76.6 Å². The predicted molar refractivity (Wildman–Crippen MR) is 123 cm³/mol. The highest BCUT2D eigenvalue weighted by Crippen LogP contribution is 2.24. The van der Waals surface area contributed by atoms with Gasteiger partial charge in [0.05, 0.1) is 16.7 Å². The first-order chi connectivity index (χ1) is 15.0. The SMILES string of the molecule is CCCn1c(SCc2nc(C(C)(C)NC(=O)OC(C)(C)C)no2)nc2ccccc2c1=O. The standard InChI is InChI=1S/C22H29N5O4S/c1-7-12-27-17(28)14-10-8-9-11-15(14)23-19(27)32-13-16-24-18(26-31-16)22(5,6)25-20(29)30-21(2,3)4/h8-11H,7,12-13H2,1-6H3,(H,25,29). The molecule has 0 atom stereocenters. The third-order valence-corrected chi connectivity index (χ3v) is 5.40. The van der Waals surface area contributed by atoms with Crippen LogP contribution < -0.4 is 10.9 Å². The zero-order valence-corrected chi connectivity index (χ0v) is 20.1. The molecule has 0 radical (unpaired) electrons. The number of thioether (sulfide) groups is 1. The summed E-state index contributed by atoms with van der Waals surface area (Å²) in [6.07, 6.45) is 0.245. The lowest BCUT2D eigenvalue weighted by Crippen LogP contribution is -2.44. The lowest BCUT2D eigenvalue weighted by molar-refractivity contribution is 0.0465. The smallest absolute Gasteiger partial charge is 0.408 e. The van der Waals surface area contributed by atoms with Crippen molar-refractivity contribution in [2.24, 2.45) is 0 Å². The number of alkyl carbamates (subject to hydrolysis) is 1. The molecule has 9 nitrogen and oxygen atoms in total. The van der Waals surface area contributed by atoms with Crippen LogP contribution >= 0.6 is 11.8 Å². The van der Waals surface area contributed by atoms with Gasteiger partial charge in [-0.3, -0.25) is 9.36 Å². The van der Waals surface area contributed by atoms with Crippen LogP contribution in [0, 0.1) is 0 Å².